The summed E-state index contributed by atoms with van der Waals surface area (Å²) in [5.74, 6) is 1.47. The molecule has 24 heavy (non-hydrogen) atoms. The third-order valence-electron chi connectivity index (χ3n) is 5.49. The fourth-order valence-corrected chi connectivity index (χ4v) is 4.22. The Kier molecular flexibility index (Phi) is 4.41. The van der Waals surface area contributed by atoms with Gasteiger partial charge in [-0.05, 0) is 44.2 Å². The van der Waals surface area contributed by atoms with Gasteiger partial charge in [0.15, 0.2) is 0 Å². The summed E-state index contributed by atoms with van der Waals surface area (Å²) in [6.07, 6.45) is 9.04. The van der Waals surface area contributed by atoms with Crippen LogP contribution in [0.15, 0.2) is 24.3 Å². The van der Waals surface area contributed by atoms with E-state index < -0.39 is 0 Å². The summed E-state index contributed by atoms with van der Waals surface area (Å²) < 4.78 is 0. The molecule has 4 rings (SSSR count). The van der Waals surface area contributed by atoms with Crippen LogP contribution in [-0.4, -0.2) is 28.1 Å². The second kappa shape index (κ2) is 6.83. The topological polar surface area (TPSA) is 69.8 Å². The largest absolute Gasteiger partial charge is 0.342 e. The molecule has 5 nitrogen and oxygen atoms in total. The van der Waals surface area contributed by atoms with Gasteiger partial charge in [0.05, 0.1) is 11.0 Å². The van der Waals surface area contributed by atoms with E-state index in [1.165, 1.54) is 12.8 Å². The zero-order valence-corrected chi connectivity index (χ0v) is 14.1. The Bertz CT molecular complexity index is 671. The summed E-state index contributed by atoms with van der Waals surface area (Å²) in [5.41, 5.74) is 2.13. The molecule has 2 fully saturated rings. The van der Waals surface area contributed by atoms with Crippen LogP contribution in [0.3, 0.4) is 0 Å². The highest BCUT2D eigenvalue weighted by Crippen LogP contribution is 2.32. The summed E-state index contributed by atoms with van der Waals surface area (Å²) in [4.78, 5) is 20.4. The maximum absolute atomic E-state index is 12.2. The van der Waals surface area contributed by atoms with Crippen molar-refractivity contribution in [2.75, 3.05) is 0 Å². The Morgan fingerprint density at radius 3 is 2.58 bits per heavy atom. The van der Waals surface area contributed by atoms with Crippen LogP contribution in [0.1, 0.15) is 63.1 Å². The number of hydrogen-bond donors (Lipinski definition) is 3. The zero-order valence-electron chi connectivity index (χ0n) is 14.1. The van der Waals surface area contributed by atoms with Gasteiger partial charge in [-0.15, -0.1) is 0 Å². The maximum Gasteiger partial charge on any atom is 0.315 e. The first-order valence-electron chi connectivity index (χ1n) is 9.29. The van der Waals surface area contributed by atoms with Gasteiger partial charge in [0.25, 0.3) is 0 Å². The van der Waals surface area contributed by atoms with Crippen molar-refractivity contribution in [3.8, 4) is 0 Å². The van der Waals surface area contributed by atoms with Crippen molar-refractivity contribution in [2.45, 2.75) is 69.4 Å². The zero-order chi connectivity index (χ0) is 16.4. The number of H-pyrrole nitrogens is 1. The number of nitrogens with one attached hydrogen (secondary N) is 3. The number of aromatic nitrogens is 2. The predicted octanol–water partition coefficient (Wildman–Crippen LogP) is 3.83. The Balaban J connectivity index is 1.37. The Morgan fingerprint density at radius 2 is 1.75 bits per heavy atom. The van der Waals surface area contributed by atoms with Crippen LogP contribution in [-0.2, 0) is 0 Å². The van der Waals surface area contributed by atoms with Crippen LogP contribution in [0, 0.1) is 0 Å². The smallest absolute Gasteiger partial charge is 0.315 e. The van der Waals surface area contributed by atoms with Gasteiger partial charge in [-0.25, -0.2) is 9.78 Å². The molecule has 0 spiro atoms. The van der Waals surface area contributed by atoms with E-state index in [0.717, 1.165) is 55.4 Å². The van der Waals surface area contributed by atoms with Crippen LogP contribution in [0.2, 0.25) is 0 Å². The van der Waals surface area contributed by atoms with Crippen molar-refractivity contribution in [3.63, 3.8) is 0 Å². The quantitative estimate of drug-likeness (QED) is 0.802. The summed E-state index contributed by atoms with van der Waals surface area (Å²) in [6, 6.07) is 8.80. The molecule has 2 aliphatic rings. The number of imidazole rings is 1. The fourth-order valence-electron chi connectivity index (χ4n) is 4.22. The molecule has 1 aromatic carbocycles. The van der Waals surface area contributed by atoms with E-state index >= 15 is 0 Å². The number of para-hydroxylation sites is 2. The van der Waals surface area contributed by atoms with Gasteiger partial charge in [0, 0.05) is 18.0 Å². The number of urea groups is 1. The lowest BCUT2D eigenvalue weighted by atomic mass is 9.85. The van der Waals surface area contributed by atoms with Gasteiger partial charge in [0.1, 0.15) is 5.82 Å². The number of benzene rings is 1. The molecule has 2 amide bonds. The highest BCUT2D eigenvalue weighted by atomic mass is 16.2. The average Bonchev–Trinajstić information content (AvgIpc) is 3.24. The van der Waals surface area contributed by atoms with E-state index in [-0.39, 0.29) is 12.1 Å². The molecule has 0 bridgehead atoms. The summed E-state index contributed by atoms with van der Waals surface area (Å²) in [7, 11) is 0. The van der Waals surface area contributed by atoms with Crippen molar-refractivity contribution < 1.29 is 4.79 Å². The SMILES string of the molecule is O=C(NC1CCCC1)N[C@@H]1CCC[C@H](c2nc3ccccc3[nH]2)C1. The number of carbonyl (C=O) groups excluding carboxylic acids is 1. The van der Waals surface area contributed by atoms with Crippen molar-refractivity contribution in [2.24, 2.45) is 0 Å². The Labute approximate surface area is 142 Å². The molecule has 0 saturated heterocycles. The van der Waals surface area contributed by atoms with E-state index in [4.69, 9.17) is 4.98 Å². The van der Waals surface area contributed by atoms with Gasteiger partial charge >= 0.3 is 6.03 Å². The molecular weight excluding hydrogens is 300 g/mol. The molecule has 2 saturated carbocycles. The lowest BCUT2D eigenvalue weighted by Gasteiger charge is -2.29. The van der Waals surface area contributed by atoms with E-state index in [0.29, 0.717) is 12.0 Å². The third-order valence-corrected chi connectivity index (χ3v) is 5.49. The van der Waals surface area contributed by atoms with Crippen molar-refractivity contribution >= 4 is 17.1 Å². The minimum atomic E-state index is 0.0113. The van der Waals surface area contributed by atoms with Gasteiger partial charge < -0.3 is 15.6 Å². The molecule has 2 aromatic rings. The first-order chi connectivity index (χ1) is 11.8. The molecule has 2 aliphatic carbocycles. The predicted molar refractivity (Wildman–Crippen MR) is 95.0 cm³/mol. The van der Waals surface area contributed by atoms with Crippen molar-refractivity contribution in [1.29, 1.82) is 0 Å². The van der Waals surface area contributed by atoms with Crippen LogP contribution < -0.4 is 10.6 Å². The van der Waals surface area contributed by atoms with E-state index in [2.05, 4.69) is 21.7 Å². The lowest BCUT2D eigenvalue weighted by molar-refractivity contribution is 0.226. The fraction of sp³-hybridized carbons (Fsp3) is 0.579. The van der Waals surface area contributed by atoms with E-state index in [1.807, 2.05) is 18.2 Å². The van der Waals surface area contributed by atoms with Gasteiger partial charge in [-0.2, -0.15) is 0 Å². The van der Waals surface area contributed by atoms with Gasteiger partial charge in [-0.3, -0.25) is 0 Å². The molecule has 2 atom stereocenters. The van der Waals surface area contributed by atoms with Crippen molar-refractivity contribution in [1.82, 2.24) is 20.6 Å². The second-order valence-corrected chi connectivity index (χ2v) is 7.30. The van der Waals surface area contributed by atoms with Crippen LogP contribution in [0.4, 0.5) is 4.79 Å². The minimum absolute atomic E-state index is 0.0113. The molecule has 0 radical (unpaired) electrons. The summed E-state index contributed by atoms with van der Waals surface area (Å²) in [5, 5.41) is 6.32. The highest BCUT2D eigenvalue weighted by Gasteiger charge is 2.27. The second-order valence-electron chi connectivity index (χ2n) is 7.30. The molecule has 128 valence electrons. The molecule has 3 N–H and O–H groups in total. The lowest BCUT2D eigenvalue weighted by Crippen LogP contribution is -2.46. The number of rotatable bonds is 3. The first kappa shape index (κ1) is 15.5. The normalized spacial score (nSPS) is 25.0. The molecule has 0 unspecified atom stereocenters. The number of fused-ring (bicyclic) bond motifs is 1. The minimum Gasteiger partial charge on any atom is -0.342 e. The van der Waals surface area contributed by atoms with Crippen molar-refractivity contribution in [3.05, 3.63) is 30.1 Å². The van der Waals surface area contributed by atoms with E-state index in [1.54, 1.807) is 0 Å². The summed E-state index contributed by atoms with van der Waals surface area (Å²) >= 11 is 0. The van der Waals surface area contributed by atoms with Crippen LogP contribution >= 0.6 is 0 Å². The number of carbonyl (C=O) groups is 1. The van der Waals surface area contributed by atoms with Crippen LogP contribution in [0.5, 0.6) is 0 Å². The number of aromatic amines is 1. The maximum atomic E-state index is 12.2. The standard InChI is InChI=1S/C19H26N4O/c24-19(20-14-7-1-2-8-14)21-15-9-5-6-13(12-15)18-22-16-10-3-4-11-17(16)23-18/h3-4,10-11,13-15H,1-2,5-9,12H2,(H,22,23)(H2,20,21,24)/t13-,15+/m0/s1. The van der Waals surface area contributed by atoms with Gasteiger partial charge in [0.2, 0.25) is 0 Å². The number of nitrogens with zero attached hydrogens (tertiary/aromatic N) is 1. The third kappa shape index (κ3) is 3.40. The molecule has 0 aliphatic heterocycles. The molecular formula is C19H26N4O. The molecule has 1 heterocycles. The highest BCUT2D eigenvalue weighted by molar-refractivity contribution is 5.75. The molecule has 1 aromatic heterocycles. The van der Waals surface area contributed by atoms with Crippen LogP contribution in [0.25, 0.3) is 11.0 Å². The first-order valence-corrected chi connectivity index (χ1v) is 9.29. The Morgan fingerprint density at radius 1 is 1.00 bits per heavy atom. The van der Waals surface area contributed by atoms with Gasteiger partial charge in [-0.1, -0.05) is 31.4 Å². The number of hydrogen-bond acceptors (Lipinski definition) is 2. The summed E-state index contributed by atoms with van der Waals surface area (Å²) in [6.45, 7) is 0. The monoisotopic (exact) mass is 326 g/mol. The number of amides is 2. The van der Waals surface area contributed by atoms with E-state index in [9.17, 15) is 4.79 Å². The Hall–Kier alpha value is -2.04. The molecule has 5 heteroatoms. The average molecular weight is 326 g/mol.